The van der Waals surface area contributed by atoms with Gasteiger partial charge in [0.05, 0.1) is 21.9 Å². The van der Waals surface area contributed by atoms with E-state index in [0.29, 0.717) is 17.4 Å². The molecule has 2 heterocycles. The standard InChI is InChI=1S/C12H16BrClN4O/c1-3-18-9(12(13)7(2)17-18)6-8(16-15)10-4-5-11(14)19-10/h4-5,8,16H,3,6,15H2,1-2H3. The second-order valence-electron chi connectivity index (χ2n) is 4.23. The number of nitrogens with two attached hydrogens (primary N) is 1. The first-order chi connectivity index (χ1) is 9.06. The lowest BCUT2D eigenvalue weighted by molar-refractivity contribution is 0.408. The van der Waals surface area contributed by atoms with Gasteiger partial charge in [0.25, 0.3) is 0 Å². The molecule has 7 heteroatoms. The van der Waals surface area contributed by atoms with Crippen LogP contribution in [0.4, 0.5) is 0 Å². The van der Waals surface area contributed by atoms with E-state index in [9.17, 15) is 0 Å². The molecule has 0 aliphatic heterocycles. The smallest absolute Gasteiger partial charge is 0.193 e. The highest BCUT2D eigenvalue weighted by Gasteiger charge is 2.20. The summed E-state index contributed by atoms with van der Waals surface area (Å²) in [6, 6.07) is 3.38. The van der Waals surface area contributed by atoms with Gasteiger partial charge in [0.15, 0.2) is 5.22 Å². The molecule has 0 saturated heterocycles. The Hall–Kier alpha value is -0.820. The molecule has 0 aliphatic carbocycles. The van der Waals surface area contributed by atoms with Crippen LogP contribution in [-0.4, -0.2) is 9.78 Å². The average molecular weight is 348 g/mol. The molecule has 0 fully saturated rings. The summed E-state index contributed by atoms with van der Waals surface area (Å²) in [7, 11) is 0. The van der Waals surface area contributed by atoms with Gasteiger partial charge in [-0.2, -0.15) is 5.10 Å². The maximum absolute atomic E-state index is 5.80. The summed E-state index contributed by atoms with van der Waals surface area (Å²) in [6.45, 7) is 4.82. The number of hydrogen-bond donors (Lipinski definition) is 2. The molecular formula is C12H16BrClN4O. The van der Waals surface area contributed by atoms with Gasteiger partial charge in [-0.25, -0.2) is 5.43 Å². The van der Waals surface area contributed by atoms with Gasteiger partial charge >= 0.3 is 0 Å². The third-order valence-electron chi connectivity index (χ3n) is 2.99. The molecule has 0 bridgehead atoms. The van der Waals surface area contributed by atoms with Crippen molar-refractivity contribution in [3.8, 4) is 0 Å². The van der Waals surface area contributed by atoms with Crippen LogP contribution in [0.15, 0.2) is 21.0 Å². The fourth-order valence-electron chi connectivity index (χ4n) is 2.01. The highest BCUT2D eigenvalue weighted by atomic mass is 79.9. The van der Waals surface area contributed by atoms with Crippen LogP contribution in [0, 0.1) is 6.92 Å². The van der Waals surface area contributed by atoms with Crippen molar-refractivity contribution in [3.05, 3.63) is 39.0 Å². The van der Waals surface area contributed by atoms with Crippen LogP contribution in [0.5, 0.6) is 0 Å². The van der Waals surface area contributed by atoms with E-state index in [1.807, 2.05) is 17.7 Å². The number of nitrogens with zero attached hydrogens (tertiary/aromatic N) is 2. The van der Waals surface area contributed by atoms with Crippen molar-refractivity contribution in [2.75, 3.05) is 0 Å². The Balaban J connectivity index is 2.28. The Labute approximate surface area is 125 Å². The molecule has 2 rings (SSSR count). The van der Waals surface area contributed by atoms with Gasteiger partial charge in [-0.1, -0.05) is 0 Å². The minimum Gasteiger partial charge on any atom is -0.448 e. The molecule has 2 aromatic heterocycles. The molecule has 104 valence electrons. The Bertz CT molecular complexity index is 566. The van der Waals surface area contributed by atoms with E-state index in [1.54, 1.807) is 6.07 Å². The van der Waals surface area contributed by atoms with Gasteiger partial charge in [0.2, 0.25) is 0 Å². The van der Waals surface area contributed by atoms with Crippen LogP contribution in [0.1, 0.15) is 30.1 Å². The summed E-state index contributed by atoms with van der Waals surface area (Å²) in [5, 5.41) is 4.82. The lowest BCUT2D eigenvalue weighted by Crippen LogP contribution is -2.30. The maximum atomic E-state index is 5.80. The number of rotatable bonds is 5. The van der Waals surface area contributed by atoms with E-state index in [1.165, 1.54) is 0 Å². The van der Waals surface area contributed by atoms with E-state index < -0.39 is 0 Å². The Morgan fingerprint density at radius 2 is 2.32 bits per heavy atom. The number of nitrogens with one attached hydrogen (secondary N) is 1. The second kappa shape index (κ2) is 6.09. The minimum atomic E-state index is -0.148. The molecule has 2 aromatic rings. The first kappa shape index (κ1) is 14.6. The molecule has 1 atom stereocenters. The third kappa shape index (κ3) is 3.02. The molecular weight excluding hydrogens is 332 g/mol. The van der Waals surface area contributed by atoms with Crippen LogP contribution >= 0.6 is 27.5 Å². The Morgan fingerprint density at radius 3 is 2.84 bits per heavy atom. The topological polar surface area (TPSA) is 69.0 Å². The molecule has 19 heavy (non-hydrogen) atoms. The van der Waals surface area contributed by atoms with E-state index in [0.717, 1.165) is 22.4 Å². The van der Waals surface area contributed by atoms with Crippen molar-refractivity contribution in [1.29, 1.82) is 0 Å². The van der Waals surface area contributed by atoms with Crippen molar-refractivity contribution in [1.82, 2.24) is 15.2 Å². The molecule has 5 nitrogen and oxygen atoms in total. The molecule has 3 N–H and O–H groups in total. The predicted octanol–water partition coefficient (Wildman–Crippen LogP) is 2.97. The number of halogens is 2. The molecule has 0 amide bonds. The summed E-state index contributed by atoms with van der Waals surface area (Å²) in [5.74, 6) is 6.32. The molecule has 0 spiro atoms. The van der Waals surface area contributed by atoms with Crippen LogP contribution in [0.25, 0.3) is 0 Å². The first-order valence-corrected chi connectivity index (χ1v) is 7.17. The quantitative estimate of drug-likeness (QED) is 0.644. The molecule has 0 radical (unpaired) electrons. The monoisotopic (exact) mass is 346 g/mol. The van der Waals surface area contributed by atoms with Crippen LogP contribution < -0.4 is 11.3 Å². The van der Waals surface area contributed by atoms with E-state index >= 15 is 0 Å². The van der Waals surface area contributed by atoms with Crippen molar-refractivity contribution in [2.45, 2.75) is 32.9 Å². The van der Waals surface area contributed by atoms with Gasteiger partial charge in [-0.15, -0.1) is 0 Å². The van der Waals surface area contributed by atoms with Gasteiger partial charge in [-0.3, -0.25) is 10.5 Å². The third-order valence-corrected chi connectivity index (χ3v) is 4.22. The number of hydrazine groups is 1. The average Bonchev–Trinajstić information content (AvgIpc) is 2.93. The number of hydrogen-bond acceptors (Lipinski definition) is 4. The van der Waals surface area contributed by atoms with Crippen molar-refractivity contribution in [2.24, 2.45) is 5.84 Å². The molecule has 1 unspecified atom stereocenters. The molecule has 0 aromatic carbocycles. The van der Waals surface area contributed by atoms with Gasteiger partial charge < -0.3 is 4.42 Å². The Kier molecular flexibility index (Phi) is 4.67. The summed E-state index contributed by atoms with van der Waals surface area (Å²) < 4.78 is 8.37. The summed E-state index contributed by atoms with van der Waals surface area (Å²) in [5.41, 5.74) is 4.80. The minimum absolute atomic E-state index is 0.148. The van der Waals surface area contributed by atoms with E-state index in [2.05, 4.69) is 33.4 Å². The van der Waals surface area contributed by atoms with Gasteiger partial charge in [-0.05, 0) is 53.5 Å². The zero-order valence-electron chi connectivity index (χ0n) is 10.8. The first-order valence-electron chi connectivity index (χ1n) is 6.00. The lowest BCUT2D eigenvalue weighted by atomic mass is 10.1. The van der Waals surface area contributed by atoms with Crippen LogP contribution in [0.2, 0.25) is 5.22 Å². The summed E-state index contributed by atoms with van der Waals surface area (Å²) >= 11 is 9.36. The second-order valence-corrected chi connectivity index (χ2v) is 5.39. The SMILES string of the molecule is CCn1nc(C)c(Br)c1CC(NN)c1ccc(Cl)o1. The van der Waals surface area contributed by atoms with Crippen molar-refractivity contribution in [3.63, 3.8) is 0 Å². The molecule has 0 aliphatic rings. The number of aromatic nitrogens is 2. The fraction of sp³-hybridized carbons (Fsp3) is 0.417. The normalized spacial score (nSPS) is 12.9. The highest BCUT2D eigenvalue weighted by molar-refractivity contribution is 9.10. The zero-order chi connectivity index (χ0) is 14.0. The predicted molar refractivity (Wildman–Crippen MR) is 77.8 cm³/mol. The Morgan fingerprint density at radius 1 is 1.58 bits per heavy atom. The fourth-order valence-corrected chi connectivity index (χ4v) is 2.61. The summed E-state index contributed by atoms with van der Waals surface area (Å²) in [4.78, 5) is 0. The van der Waals surface area contributed by atoms with Crippen LogP contribution in [0.3, 0.4) is 0 Å². The van der Waals surface area contributed by atoms with Gasteiger partial charge in [0.1, 0.15) is 5.76 Å². The zero-order valence-corrected chi connectivity index (χ0v) is 13.1. The van der Waals surface area contributed by atoms with E-state index in [-0.39, 0.29) is 6.04 Å². The maximum Gasteiger partial charge on any atom is 0.193 e. The van der Waals surface area contributed by atoms with Crippen LogP contribution in [-0.2, 0) is 13.0 Å². The van der Waals surface area contributed by atoms with Crippen molar-refractivity contribution >= 4 is 27.5 Å². The van der Waals surface area contributed by atoms with E-state index in [4.69, 9.17) is 21.9 Å². The lowest BCUT2D eigenvalue weighted by Gasteiger charge is -2.14. The number of aryl methyl sites for hydroxylation is 2. The van der Waals surface area contributed by atoms with Gasteiger partial charge in [0, 0.05) is 13.0 Å². The molecule has 0 saturated carbocycles. The highest BCUT2D eigenvalue weighted by Crippen LogP contribution is 2.28. The number of furan rings is 1. The summed E-state index contributed by atoms with van der Waals surface area (Å²) in [6.07, 6.45) is 0.662. The largest absolute Gasteiger partial charge is 0.448 e. The van der Waals surface area contributed by atoms with Crippen molar-refractivity contribution < 1.29 is 4.42 Å².